The third-order valence-electron chi connectivity index (χ3n) is 3.92. The third-order valence-corrected chi connectivity index (χ3v) is 3.92. The number of methoxy groups -OCH3 is 1. The summed E-state index contributed by atoms with van der Waals surface area (Å²) in [4.78, 5) is 26.7. The molecule has 1 aliphatic heterocycles. The highest BCUT2D eigenvalue weighted by Gasteiger charge is 2.26. The van der Waals surface area contributed by atoms with Gasteiger partial charge in [-0.3, -0.25) is 14.2 Å². The molecule has 114 valence electrons. The minimum Gasteiger partial charge on any atom is -0.497 e. The number of benzene rings is 1. The van der Waals surface area contributed by atoms with Crippen LogP contribution in [0.15, 0.2) is 24.5 Å². The molecule has 0 spiro atoms. The predicted molar refractivity (Wildman–Crippen MR) is 78.6 cm³/mol. The summed E-state index contributed by atoms with van der Waals surface area (Å²) in [7, 11) is 1.57. The van der Waals surface area contributed by atoms with E-state index in [1.165, 1.54) is 0 Å². The van der Waals surface area contributed by atoms with E-state index in [1.54, 1.807) is 24.2 Å². The molecule has 0 N–H and O–H groups in total. The molecular weight excluding hydrogens is 298 g/mol. The zero-order valence-electron chi connectivity index (χ0n) is 12.1. The summed E-state index contributed by atoms with van der Waals surface area (Å²) in [6.45, 7) is 0. The second kappa shape index (κ2) is 4.87. The van der Waals surface area contributed by atoms with Crippen molar-refractivity contribution in [3.63, 3.8) is 0 Å². The summed E-state index contributed by atoms with van der Waals surface area (Å²) in [5.74, 6) is 0.650. The fourth-order valence-electron chi connectivity index (χ4n) is 2.80. The Balaban J connectivity index is 2.09. The minimum atomic E-state index is 0.241. The van der Waals surface area contributed by atoms with Crippen molar-refractivity contribution >= 4 is 12.6 Å². The Bertz CT molecular complexity index is 941. The van der Waals surface area contributed by atoms with E-state index in [2.05, 4.69) is 15.3 Å². The first-order chi connectivity index (χ1) is 11.3. The molecule has 0 fully saturated rings. The molecule has 8 heteroatoms. The van der Waals surface area contributed by atoms with Crippen LogP contribution in [-0.4, -0.2) is 44.2 Å². The van der Waals surface area contributed by atoms with Gasteiger partial charge < -0.3 is 4.74 Å². The van der Waals surface area contributed by atoms with Crippen LogP contribution in [0.2, 0.25) is 0 Å². The van der Waals surface area contributed by atoms with E-state index in [1.807, 2.05) is 16.7 Å². The molecular formula is C15H11N5O3. The first-order valence-corrected chi connectivity index (χ1v) is 6.86. The summed E-state index contributed by atoms with van der Waals surface area (Å²) in [6.07, 6.45) is 3.28. The van der Waals surface area contributed by atoms with Crippen molar-refractivity contribution in [1.82, 2.24) is 24.5 Å². The fraction of sp³-hybridized carbons (Fsp3) is 0.133. The van der Waals surface area contributed by atoms with E-state index in [0.717, 1.165) is 5.69 Å². The van der Waals surface area contributed by atoms with Gasteiger partial charge in [0.1, 0.15) is 23.5 Å². The molecule has 3 aromatic rings. The molecule has 0 amide bonds. The number of aldehydes is 2. The van der Waals surface area contributed by atoms with E-state index in [9.17, 15) is 9.59 Å². The average Bonchev–Trinajstić information content (AvgIpc) is 3.15. The summed E-state index contributed by atoms with van der Waals surface area (Å²) in [5.41, 5.74) is 3.35. The molecule has 1 aromatic carbocycles. The van der Waals surface area contributed by atoms with Gasteiger partial charge in [-0.05, 0) is 12.1 Å². The molecule has 0 atom stereocenters. The van der Waals surface area contributed by atoms with Crippen molar-refractivity contribution in [3.05, 3.63) is 47.3 Å². The number of carbonyl (C=O) groups excluding carboxylic acids is 2. The van der Waals surface area contributed by atoms with E-state index in [0.29, 0.717) is 47.5 Å². The van der Waals surface area contributed by atoms with Gasteiger partial charge in [-0.1, -0.05) is 5.21 Å². The zero-order chi connectivity index (χ0) is 16.0. The lowest BCUT2D eigenvalue weighted by atomic mass is 10.1. The second-order valence-electron chi connectivity index (χ2n) is 5.05. The van der Waals surface area contributed by atoms with Crippen LogP contribution in [0.4, 0.5) is 0 Å². The van der Waals surface area contributed by atoms with Crippen LogP contribution in [0.5, 0.6) is 5.75 Å². The van der Waals surface area contributed by atoms with Crippen LogP contribution in [0.3, 0.4) is 0 Å². The van der Waals surface area contributed by atoms with Crippen molar-refractivity contribution in [2.75, 3.05) is 7.11 Å². The number of carbonyl (C=O) groups is 2. The molecule has 8 nitrogen and oxygen atoms in total. The molecule has 1 aliphatic rings. The highest BCUT2D eigenvalue weighted by molar-refractivity contribution is 5.77. The lowest BCUT2D eigenvalue weighted by Gasteiger charge is -2.11. The summed E-state index contributed by atoms with van der Waals surface area (Å²) in [6, 6.07) is 5.47. The number of hydrogen-bond acceptors (Lipinski definition) is 6. The zero-order valence-corrected chi connectivity index (χ0v) is 12.1. The van der Waals surface area contributed by atoms with Crippen LogP contribution in [0, 0.1) is 0 Å². The van der Waals surface area contributed by atoms with Gasteiger partial charge in [0.05, 0.1) is 29.9 Å². The van der Waals surface area contributed by atoms with Gasteiger partial charge >= 0.3 is 0 Å². The Labute approximate surface area is 130 Å². The van der Waals surface area contributed by atoms with Crippen LogP contribution >= 0.6 is 0 Å². The van der Waals surface area contributed by atoms with Gasteiger partial charge in [-0.2, -0.15) is 0 Å². The fourth-order valence-corrected chi connectivity index (χ4v) is 2.80. The van der Waals surface area contributed by atoms with Gasteiger partial charge in [-0.15, -0.1) is 5.10 Å². The maximum absolute atomic E-state index is 11.3. The normalized spacial score (nSPS) is 11.9. The Morgan fingerprint density at radius 3 is 2.70 bits per heavy atom. The molecule has 0 saturated carbocycles. The minimum absolute atomic E-state index is 0.241. The van der Waals surface area contributed by atoms with Gasteiger partial charge in [0, 0.05) is 12.5 Å². The highest BCUT2D eigenvalue weighted by atomic mass is 16.5. The van der Waals surface area contributed by atoms with Crippen molar-refractivity contribution < 1.29 is 14.3 Å². The van der Waals surface area contributed by atoms with E-state index in [-0.39, 0.29) is 5.69 Å². The lowest BCUT2D eigenvalue weighted by molar-refractivity contribution is 0.111. The number of fused-ring (bicyclic) bond motifs is 5. The Hall–Kier alpha value is -3.29. The average molecular weight is 309 g/mol. The van der Waals surface area contributed by atoms with Crippen molar-refractivity contribution in [1.29, 1.82) is 0 Å². The predicted octanol–water partition coefficient (Wildman–Crippen LogP) is 0.991. The Morgan fingerprint density at radius 2 is 1.96 bits per heavy atom. The number of aromatic nitrogens is 5. The van der Waals surface area contributed by atoms with Gasteiger partial charge in [0.15, 0.2) is 12.6 Å². The molecule has 4 rings (SSSR count). The maximum Gasteiger partial charge on any atom is 0.172 e. The molecule has 23 heavy (non-hydrogen) atoms. The van der Waals surface area contributed by atoms with E-state index in [4.69, 9.17) is 4.74 Å². The van der Waals surface area contributed by atoms with E-state index >= 15 is 0 Å². The number of rotatable bonds is 3. The number of ether oxygens (including phenoxy) is 1. The molecule has 2 aromatic heterocycles. The molecule has 0 bridgehead atoms. The van der Waals surface area contributed by atoms with Gasteiger partial charge in [-0.25, -0.2) is 9.67 Å². The SMILES string of the molecule is COc1ccc2c(c1)-n1nnc(C=O)c1Cc1c(C=O)ncn1-2. The topological polar surface area (TPSA) is 91.9 Å². The molecule has 3 heterocycles. The lowest BCUT2D eigenvalue weighted by Crippen LogP contribution is -2.04. The first kappa shape index (κ1) is 13.4. The Morgan fingerprint density at radius 1 is 1.13 bits per heavy atom. The standard InChI is InChI=1S/C15H11N5O3/c1-23-9-2-3-12-15(4-9)20-14(11(7-22)17-18-20)5-13-10(6-21)16-8-19(12)13/h2-4,6-8H,5H2,1H3. The molecule has 0 radical (unpaired) electrons. The molecule has 0 unspecified atom stereocenters. The van der Waals surface area contributed by atoms with Gasteiger partial charge in [0.25, 0.3) is 0 Å². The maximum atomic E-state index is 11.3. The van der Waals surface area contributed by atoms with Crippen LogP contribution in [0.1, 0.15) is 32.4 Å². The summed E-state index contributed by atoms with van der Waals surface area (Å²) >= 11 is 0. The summed E-state index contributed by atoms with van der Waals surface area (Å²) in [5, 5.41) is 7.99. The molecule has 0 aliphatic carbocycles. The van der Waals surface area contributed by atoms with Crippen molar-refractivity contribution in [3.8, 4) is 17.1 Å². The third kappa shape index (κ3) is 1.81. The number of imidazole rings is 1. The number of nitrogens with zero attached hydrogens (tertiary/aromatic N) is 5. The smallest absolute Gasteiger partial charge is 0.172 e. The Kier molecular flexibility index (Phi) is 2.83. The van der Waals surface area contributed by atoms with E-state index < -0.39 is 0 Å². The number of hydrogen-bond donors (Lipinski definition) is 0. The highest BCUT2D eigenvalue weighted by Crippen LogP contribution is 2.31. The second-order valence-corrected chi connectivity index (χ2v) is 5.05. The van der Waals surface area contributed by atoms with Gasteiger partial charge in [0.2, 0.25) is 0 Å². The van der Waals surface area contributed by atoms with Crippen LogP contribution in [0.25, 0.3) is 11.4 Å². The quantitative estimate of drug-likeness (QED) is 0.524. The monoisotopic (exact) mass is 309 g/mol. The molecule has 0 saturated heterocycles. The summed E-state index contributed by atoms with van der Waals surface area (Å²) < 4.78 is 8.69. The van der Waals surface area contributed by atoms with Crippen LogP contribution < -0.4 is 4.74 Å². The van der Waals surface area contributed by atoms with Crippen LogP contribution in [-0.2, 0) is 6.42 Å². The first-order valence-electron chi connectivity index (χ1n) is 6.86. The van der Waals surface area contributed by atoms with Crippen molar-refractivity contribution in [2.24, 2.45) is 0 Å². The van der Waals surface area contributed by atoms with Crippen molar-refractivity contribution in [2.45, 2.75) is 6.42 Å². The largest absolute Gasteiger partial charge is 0.497 e.